The Kier molecular flexibility index (Phi) is 4.14. The lowest BCUT2D eigenvalue weighted by molar-refractivity contribution is 0.585. The molecule has 0 aromatic heterocycles. The molecule has 0 heterocycles. The third-order valence-electron chi connectivity index (χ3n) is 2.69. The third-order valence-corrected chi connectivity index (χ3v) is 4.13. The number of hydrogen-bond donors (Lipinski definition) is 1. The van der Waals surface area contributed by atoms with Gasteiger partial charge in [0.15, 0.2) is 0 Å². The Bertz CT molecular complexity index is 646. The van der Waals surface area contributed by atoms with Crippen LogP contribution in [0.2, 0.25) is 0 Å². The van der Waals surface area contributed by atoms with Gasteiger partial charge in [-0.05, 0) is 23.3 Å². The van der Waals surface area contributed by atoms with Gasteiger partial charge in [-0.15, -0.1) is 6.58 Å². The fraction of sp³-hybridized carbons (Fsp3) is 0.0667. The molecule has 2 aromatic rings. The number of benzene rings is 2. The van der Waals surface area contributed by atoms with E-state index in [2.05, 4.69) is 11.3 Å². The number of rotatable bonds is 5. The second kappa shape index (κ2) is 5.82. The van der Waals surface area contributed by atoms with Crippen molar-refractivity contribution in [2.24, 2.45) is 0 Å². The maximum absolute atomic E-state index is 11.9. The minimum Gasteiger partial charge on any atom is -0.207 e. The first-order valence-corrected chi connectivity index (χ1v) is 7.38. The highest BCUT2D eigenvalue weighted by Gasteiger charge is 2.12. The SMILES string of the molecule is C=CCNS(=O)(=O)c1ccc(-c2ccccc2)cc1. The van der Waals surface area contributed by atoms with Crippen molar-refractivity contribution in [1.82, 2.24) is 4.72 Å². The van der Waals surface area contributed by atoms with E-state index in [0.717, 1.165) is 11.1 Å². The quantitative estimate of drug-likeness (QED) is 0.851. The molecule has 0 atom stereocenters. The Morgan fingerprint density at radius 1 is 0.947 bits per heavy atom. The van der Waals surface area contributed by atoms with E-state index in [4.69, 9.17) is 0 Å². The predicted molar refractivity (Wildman–Crippen MR) is 77.3 cm³/mol. The zero-order valence-electron chi connectivity index (χ0n) is 10.4. The molecule has 98 valence electrons. The zero-order chi connectivity index (χ0) is 13.7. The zero-order valence-corrected chi connectivity index (χ0v) is 11.2. The van der Waals surface area contributed by atoms with Crippen molar-refractivity contribution in [2.45, 2.75) is 4.90 Å². The molecule has 0 bridgehead atoms. The van der Waals surface area contributed by atoms with Crippen molar-refractivity contribution < 1.29 is 8.42 Å². The van der Waals surface area contributed by atoms with Crippen molar-refractivity contribution in [3.05, 3.63) is 67.3 Å². The molecule has 2 aromatic carbocycles. The second-order valence-corrected chi connectivity index (χ2v) is 5.80. The van der Waals surface area contributed by atoms with Crippen LogP contribution in [0.15, 0.2) is 72.1 Å². The molecule has 4 heteroatoms. The highest BCUT2D eigenvalue weighted by atomic mass is 32.2. The molecule has 0 saturated carbocycles. The summed E-state index contributed by atoms with van der Waals surface area (Å²) in [5, 5.41) is 0. The van der Waals surface area contributed by atoms with Gasteiger partial charge in [-0.2, -0.15) is 0 Å². The van der Waals surface area contributed by atoms with Crippen molar-refractivity contribution in [1.29, 1.82) is 0 Å². The lowest BCUT2D eigenvalue weighted by Crippen LogP contribution is -2.23. The van der Waals surface area contributed by atoms with E-state index in [1.807, 2.05) is 30.3 Å². The van der Waals surface area contributed by atoms with Crippen molar-refractivity contribution in [3.8, 4) is 11.1 Å². The van der Waals surface area contributed by atoms with Gasteiger partial charge in [-0.1, -0.05) is 48.5 Å². The molecular formula is C15H15NO2S. The molecule has 0 aliphatic rings. The first-order chi connectivity index (χ1) is 9.13. The fourth-order valence-corrected chi connectivity index (χ4v) is 2.71. The Hall–Kier alpha value is -1.91. The summed E-state index contributed by atoms with van der Waals surface area (Å²) in [7, 11) is -3.44. The van der Waals surface area contributed by atoms with Crippen LogP contribution in [-0.4, -0.2) is 15.0 Å². The molecule has 0 fully saturated rings. The monoisotopic (exact) mass is 273 g/mol. The highest BCUT2D eigenvalue weighted by Crippen LogP contribution is 2.20. The fourth-order valence-electron chi connectivity index (χ4n) is 1.71. The van der Waals surface area contributed by atoms with Gasteiger partial charge >= 0.3 is 0 Å². The summed E-state index contributed by atoms with van der Waals surface area (Å²) in [6, 6.07) is 16.6. The van der Waals surface area contributed by atoms with Gasteiger partial charge in [-0.3, -0.25) is 0 Å². The number of hydrogen-bond acceptors (Lipinski definition) is 2. The van der Waals surface area contributed by atoms with E-state index < -0.39 is 10.0 Å². The van der Waals surface area contributed by atoms with Gasteiger partial charge in [0.25, 0.3) is 0 Å². The Labute approximate surface area is 113 Å². The molecule has 2 rings (SSSR count). The lowest BCUT2D eigenvalue weighted by atomic mass is 10.1. The van der Waals surface area contributed by atoms with E-state index >= 15 is 0 Å². The van der Waals surface area contributed by atoms with E-state index in [-0.39, 0.29) is 11.4 Å². The van der Waals surface area contributed by atoms with Crippen molar-refractivity contribution >= 4 is 10.0 Å². The number of nitrogens with one attached hydrogen (secondary N) is 1. The summed E-state index contributed by atoms with van der Waals surface area (Å²) in [5.74, 6) is 0. The summed E-state index contributed by atoms with van der Waals surface area (Å²) >= 11 is 0. The standard InChI is InChI=1S/C15H15NO2S/c1-2-12-16-19(17,18)15-10-8-14(9-11-15)13-6-4-3-5-7-13/h2-11,16H,1,12H2. The lowest BCUT2D eigenvalue weighted by Gasteiger charge is -2.06. The van der Waals surface area contributed by atoms with Gasteiger partial charge in [0.1, 0.15) is 0 Å². The van der Waals surface area contributed by atoms with Crippen LogP contribution in [0.4, 0.5) is 0 Å². The van der Waals surface area contributed by atoms with E-state index in [1.165, 1.54) is 6.08 Å². The first kappa shape index (κ1) is 13.5. The number of sulfonamides is 1. The molecule has 0 radical (unpaired) electrons. The predicted octanol–water partition coefficient (Wildman–Crippen LogP) is 2.82. The molecule has 0 unspecified atom stereocenters. The maximum Gasteiger partial charge on any atom is 0.240 e. The van der Waals surface area contributed by atoms with Crippen LogP contribution in [0, 0.1) is 0 Å². The topological polar surface area (TPSA) is 46.2 Å². The van der Waals surface area contributed by atoms with E-state index in [0.29, 0.717) is 0 Å². The van der Waals surface area contributed by atoms with Crippen molar-refractivity contribution in [3.63, 3.8) is 0 Å². The molecule has 0 aliphatic heterocycles. The smallest absolute Gasteiger partial charge is 0.207 e. The minimum absolute atomic E-state index is 0.225. The normalized spacial score (nSPS) is 11.2. The maximum atomic E-state index is 11.9. The summed E-state index contributed by atoms with van der Waals surface area (Å²) < 4.78 is 26.2. The third kappa shape index (κ3) is 3.30. The molecule has 0 saturated heterocycles. The molecular weight excluding hydrogens is 258 g/mol. The Balaban J connectivity index is 2.26. The summed E-state index contributed by atoms with van der Waals surface area (Å²) in [4.78, 5) is 0.258. The van der Waals surface area contributed by atoms with Crippen LogP contribution in [0.5, 0.6) is 0 Å². The summed E-state index contributed by atoms with van der Waals surface area (Å²) in [6.07, 6.45) is 1.51. The van der Waals surface area contributed by atoms with Crippen LogP contribution < -0.4 is 4.72 Å². The van der Waals surface area contributed by atoms with Crippen LogP contribution in [0.3, 0.4) is 0 Å². The molecule has 0 amide bonds. The highest BCUT2D eigenvalue weighted by molar-refractivity contribution is 7.89. The Morgan fingerprint density at radius 3 is 2.11 bits per heavy atom. The average molecular weight is 273 g/mol. The van der Waals surface area contributed by atoms with E-state index in [9.17, 15) is 8.42 Å². The molecule has 3 nitrogen and oxygen atoms in total. The minimum atomic E-state index is -3.44. The second-order valence-electron chi connectivity index (χ2n) is 4.03. The molecule has 0 aliphatic carbocycles. The average Bonchev–Trinajstić information content (AvgIpc) is 2.46. The Morgan fingerprint density at radius 2 is 1.53 bits per heavy atom. The van der Waals surface area contributed by atoms with Gasteiger partial charge in [-0.25, -0.2) is 13.1 Å². The van der Waals surface area contributed by atoms with Gasteiger partial charge in [0.05, 0.1) is 4.90 Å². The van der Waals surface area contributed by atoms with Gasteiger partial charge in [0, 0.05) is 6.54 Å². The van der Waals surface area contributed by atoms with Crippen LogP contribution >= 0.6 is 0 Å². The largest absolute Gasteiger partial charge is 0.240 e. The first-order valence-electron chi connectivity index (χ1n) is 5.89. The summed E-state index contributed by atoms with van der Waals surface area (Å²) in [6.45, 7) is 3.71. The van der Waals surface area contributed by atoms with Gasteiger partial charge < -0.3 is 0 Å². The van der Waals surface area contributed by atoms with Crippen LogP contribution in [0.25, 0.3) is 11.1 Å². The molecule has 19 heavy (non-hydrogen) atoms. The van der Waals surface area contributed by atoms with Crippen LogP contribution in [-0.2, 0) is 10.0 Å². The van der Waals surface area contributed by atoms with Gasteiger partial charge in [0.2, 0.25) is 10.0 Å². The van der Waals surface area contributed by atoms with E-state index in [1.54, 1.807) is 24.3 Å². The molecule has 0 spiro atoms. The van der Waals surface area contributed by atoms with Crippen molar-refractivity contribution in [2.75, 3.05) is 6.54 Å². The van der Waals surface area contributed by atoms with Crippen LogP contribution in [0.1, 0.15) is 0 Å². The summed E-state index contributed by atoms with van der Waals surface area (Å²) in [5.41, 5.74) is 2.05. The molecule has 1 N–H and O–H groups in total.